The van der Waals surface area contributed by atoms with E-state index in [-0.39, 0.29) is 25.5 Å². The van der Waals surface area contributed by atoms with Gasteiger partial charge < -0.3 is 9.64 Å². The summed E-state index contributed by atoms with van der Waals surface area (Å²) < 4.78 is 29.0. The van der Waals surface area contributed by atoms with Crippen molar-refractivity contribution < 1.29 is 28.0 Å². The first kappa shape index (κ1) is 23.3. The molecule has 0 spiro atoms. The van der Waals surface area contributed by atoms with Crippen molar-refractivity contribution in [1.29, 1.82) is 0 Å². The smallest absolute Gasteiger partial charge is 0.328 e. The summed E-state index contributed by atoms with van der Waals surface area (Å²) in [6.07, 6.45) is 2.41. The van der Waals surface area contributed by atoms with Crippen molar-refractivity contribution in [2.45, 2.75) is 30.7 Å². The molecule has 11 heteroatoms. The van der Waals surface area contributed by atoms with Gasteiger partial charge in [0.1, 0.15) is 0 Å². The SMILES string of the molecule is C[C@@](CCN1Cc2cc(C#CC#CC3CN(C4COC4)C3)cn2C1=O)(C(=O)NO)S(C)(=O)=O. The Hall–Kier alpha value is -2.83. The second-order valence-electron chi connectivity index (χ2n) is 8.85. The fourth-order valence-electron chi connectivity index (χ4n) is 3.98. The van der Waals surface area contributed by atoms with Gasteiger partial charge in [-0.3, -0.25) is 19.5 Å². The van der Waals surface area contributed by atoms with E-state index in [1.54, 1.807) is 12.3 Å². The molecule has 4 rings (SSSR count). The Labute approximate surface area is 192 Å². The van der Waals surface area contributed by atoms with Crippen molar-refractivity contribution in [1.82, 2.24) is 19.8 Å². The molecule has 33 heavy (non-hydrogen) atoms. The molecule has 2 N–H and O–H groups in total. The van der Waals surface area contributed by atoms with E-state index in [0.29, 0.717) is 17.5 Å². The average Bonchev–Trinajstić information content (AvgIpc) is 3.22. The number of hydroxylamine groups is 1. The second-order valence-corrected chi connectivity index (χ2v) is 11.3. The molecule has 0 radical (unpaired) electrons. The number of rotatable bonds is 6. The molecule has 2 fully saturated rings. The number of fused-ring (bicyclic) bond motifs is 1. The fraction of sp³-hybridized carbons (Fsp3) is 0.545. The number of aromatic nitrogens is 1. The number of carbonyl (C=O) groups excluding carboxylic acids is 2. The summed E-state index contributed by atoms with van der Waals surface area (Å²) in [6.45, 7) is 5.06. The molecule has 2 saturated heterocycles. The maximum atomic E-state index is 12.7. The summed E-state index contributed by atoms with van der Waals surface area (Å²) in [6, 6.07) is 2.02. The predicted octanol–water partition coefficient (Wildman–Crippen LogP) is -0.344. The van der Waals surface area contributed by atoms with Gasteiger partial charge in [-0.25, -0.2) is 18.7 Å². The van der Waals surface area contributed by atoms with Crippen LogP contribution in [0.5, 0.6) is 0 Å². The summed E-state index contributed by atoms with van der Waals surface area (Å²) in [5.41, 5.74) is 2.81. The van der Waals surface area contributed by atoms with Crippen LogP contribution in [0.4, 0.5) is 4.79 Å². The highest BCUT2D eigenvalue weighted by Crippen LogP contribution is 2.25. The number of carbonyl (C=O) groups is 2. The first-order valence-corrected chi connectivity index (χ1v) is 12.5. The average molecular weight is 475 g/mol. The number of sulfone groups is 1. The van der Waals surface area contributed by atoms with Crippen molar-refractivity contribution in [3.05, 3.63) is 23.5 Å². The van der Waals surface area contributed by atoms with Gasteiger partial charge in [0.2, 0.25) is 0 Å². The van der Waals surface area contributed by atoms with E-state index in [9.17, 15) is 18.0 Å². The molecule has 3 aliphatic heterocycles. The highest BCUT2D eigenvalue weighted by atomic mass is 32.2. The molecule has 10 nitrogen and oxygen atoms in total. The molecule has 1 aromatic rings. The zero-order chi connectivity index (χ0) is 23.8. The lowest BCUT2D eigenvalue weighted by Gasteiger charge is -2.45. The van der Waals surface area contributed by atoms with Crippen LogP contribution in [0.3, 0.4) is 0 Å². The van der Waals surface area contributed by atoms with Gasteiger partial charge in [0.05, 0.1) is 25.8 Å². The van der Waals surface area contributed by atoms with E-state index < -0.39 is 20.5 Å². The van der Waals surface area contributed by atoms with E-state index in [4.69, 9.17) is 9.94 Å². The summed E-state index contributed by atoms with van der Waals surface area (Å²) in [7, 11) is -3.82. The van der Waals surface area contributed by atoms with E-state index in [1.165, 1.54) is 21.9 Å². The Kier molecular flexibility index (Phi) is 6.25. The zero-order valence-corrected chi connectivity index (χ0v) is 19.3. The van der Waals surface area contributed by atoms with Crippen LogP contribution in [-0.4, -0.2) is 89.8 Å². The van der Waals surface area contributed by atoms with E-state index in [2.05, 4.69) is 28.6 Å². The van der Waals surface area contributed by atoms with E-state index in [0.717, 1.165) is 38.3 Å². The van der Waals surface area contributed by atoms with Crippen LogP contribution in [0.1, 0.15) is 24.6 Å². The number of nitrogens with one attached hydrogen (secondary N) is 1. The molecule has 3 aliphatic rings. The molecule has 2 amide bonds. The summed E-state index contributed by atoms with van der Waals surface area (Å²) >= 11 is 0. The standard InChI is InChI=1S/C22H26N4O6S/c1-22(20(27)23-29,33(2,30)31)7-8-24-13-18-9-16(12-26(18)21(24)28)5-3-4-6-17-10-25(11-17)19-14-32-15-19/h9,12,17,19,29H,7-8,10-11,13-15H2,1-2H3,(H,23,27)/t22-/m1/s1. The normalized spacial score (nSPS) is 20.5. The molecule has 1 atom stereocenters. The van der Waals surface area contributed by atoms with Gasteiger partial charge in [0.15, 0.2) is 14.6 Å². The molecule has 0 saturated carbocycles. The lowest BCUT2D eigenvalue weighted by Crippen LogP contribution is -2.58. The molecule has 0 aliphatic carbocycles. The lowest BCUT2D eigenvalue weighted by molar-refractivity contribution is -0.131. The molecular weight excluding hydrogens is 448 g/mol. The van der Waals surface area contributed by atoms with Gasteiger partial charge in [-0.05, 0) is 31.3 Å². The minimum Gasteiger partial charge on any atom is -0.378 e. The molecule has 176 valence electrons. The highest BCUT2D eigenvalue weighted by molar-refractivity contribution is 7.92. The Morgan fingerprint density at radius 1 is 1.33 bits per heavy atom. The monoisotopic (exact) mass is 474 g/mol. The van der Waals surface area contributed by atoms with Crippen LogP contribution in [0.25, 0.3) is 0 Å². The Balaban J connectivity index is 1.32. The Morgan fingerprint density at radius 2 is 2.06 bits per heavy atom. The van der Waals surface area contributed by atoms with Crippen LogP contribution in [0, 0.1) is 29.6 Å². The highest BCUT2D eigenvalue weighted by Gasteiger charge is 2.44. The first-order valence-electron chi connectivity index (χ1n) is 10.6. The molecule has 4 heterocycles. The van der Waals surface area contributed by atoms with Gasteiger partial charge in [-0.2, -0.15) is 0 Å². The van der Waals surface area contributed by atoms with Gasteiger partial charge >= 0.3 is 6.03 Å². The van der Waals surface area contributed by atoms with Crippen LogP contribution in [0.2, 0.25) is 0 Å². The number of nitrogens with zero attached hydrogens (tertiary/aromatic N) is 3. The van der Waals surface area contributed by atoms with Crippen LogP contribution in [-0.2, 0) is 25.9 Å². The van der Waals surface area contributed by atoms with Crippen molar-refractivity contribution in [2.75, 3.05) is 39.1 Å². The maximum Gasteiger partial charge on any atom is 0.328 e. The van der Waals surface area contributed by atoms with E-state index in [1.807, 2.05) is 0 Å². The van der Waals surface area contributed by atoms with Crippen molar-refractivity contribution in [2.24, 2.45) is 5.92 Å². The van der Waals surface area contributed by atoms with Crippen molar-refractivity contribution in [3.8, 4) is 23.7 Å². The predicted molar refractivity (Wildman–Crippen MR) is 118 cm³/mol. The van der Waals surface area contributed by atoms with Crippen LogP contribution >= 0.6 is 0 Å². The molecule has 0 aromatic carbocycles. The zero-order valence-electron chi connectivity index (χ0n) is 18.5. The number of likely N-dealkylation sites (tertiary alicyclic amines) is 1. The number of ether oxygens (including phenoxy) is 1. The quantitative estimate of drug-likeness (QED) is 0.329. The van der Waals surface area contributed by atoms with E-state index >= 15 is 0 Å². The van der Waals surface area contributed by atoms with Crippen LogP contribution < -0.4 is 5.48 Å². The topological polar surface area (TPSA) is 121 Å². The molecule has 1 aromatic heterocycles. The fourth-order valence-corrected chi connectivity index (χ4v) is 4.82. The third-order valence-corrected chi connectivity index (χ3v) is 8.61. The van der Waals surface area contributed by atoms with Crippen molar-refractivity contribution >= 4 is 21.8 Å². The van der Waals surface area contributed by atoms with Crippen molar-refractivity contribution in [3.63, 3.8) is 0 Å². The third kappa shape index (κ3) is 4.50. The van der Waals surface area contributed by atoms with Gasteiger partial charge in [0.25, 0.3) is 5.91 Å². The molecule has 0 unspecified atom stereocenters. The summed E-state index contributed by atoms with van der Waals surface area (Å²) in [4.78, 5) is 28.5. The van der Waals surface area contributed by atoms with Gasteiger partial charge in [0, 0.05) is 49.3 Å². The summed E-state index contributed by atoms with van der Waals surface area (Å²) in [5.74, 6) is 11.2. The minimum absolute atomic E-state index is 0.0371. The largest absolute Gasteiger partial charge is 0.378 e. The Morgan fingerprint density at radius 3 is 2.64 bits per heavy atom. The molecular formula is C22H26N4O6S. The lowest BCUT2D eigenvalue weighted by atomic mass is 9.97. The number of amides is 2. The summed E-state index contributed by atoms with van der Waals surface area (Å²) in [5, 5.41) is 8.92. The minimum atomic E-state index is -3.82. The van der Waals surface area contributed by atoms with Crippen LogP contribution in [0.15, 0.2) is 12.3 Å². The van der Waals surface area contributed by atoms with Gasteiger partial charge in [-0.1, -0.05) is 11.8 Å². The third-order valence-electron chi connectivity index (χ3n) is 6.58. The molecule has 0 bridgehead atoms. The number of hydrogen-bond donors (Lipinski definition) is 2. The first-order chi connectivity index (χ1) is 15.6. The Bertz CT molecular complexity index is 1190. The number of hydrogen-bond acceptors (Lipinski definition) is 7. The second kappa shape index (κ2) is 8.84. The van der Waals surface area contributed by atoms with Gasteiger partial charge in [-0.15, -0.1) is 0 Å². The maximum absolute atomic E-state index is 12.7.